The van der Waals surface area contributed by atoms with Crippen molar-refractivity contribution in [3.05, 3.63) is 42.1 Å². The van der Waals surface area contributed by atoms with Gasteiger partial charge in [-0.05, 0) is 30.9 Å². The molecule has 23 heavy (non-hydrogen) atoms. The Labute approximate surface area is 135 Å². The molecule has 0 saturated heterocycles. The molecule has 1 heterocycles. The van der Waals surface area contributed by atoms with Crippen LogP contribution in [-0.4, -0.2) is 22.8 Å². The van der Waals surface area contributed by atoms with Gasteiger partial charge >= 0.3 is 0 Å². The maximum atomic E-state index is 12.7. The van der Waals surface area contributed by atoms with Crippen molar-refractivity contribution in [2.75, 3.05) is 0 Å². The van der Waals surface area contributed by atoms with Crippen molar-refractivity contribution in [1.29, 1.82) is 0 Å². The molecular formula is C18H21N3O2. The third-order valence-electron chi connectivity index (χ3n) is 4.59. The molecule has 0 radical (unpaired) electrons. The van der Waals surface area contributed by atoms with Crippen LogP contribution < -0.4 is 11.1 Å². The predicted molar refractivity (Wildman–Crippen MR) is 88.8 cm³/mol. The number of aromatic nitrogens is 1. The first kappa shape index (κ1) is 15.5. The Morgan fingerprint density at radius 1 is 1.13 bits per heavy atom. The van der Waals surface area contributed by atoms with E-state index in [2.05, 4.69) is 10.3 Å². The number of nitrogens with two attached hydrogens (primary N) is 1. The number of carbonyl (C=O) groups is 2. The maximum Gasteiger partial charge on any atom is 0.254 e. The number of fused-ring (bicyclic) bond motifs is 1. The molecule has 2 aromatic rings. The molecule has 0 spiro atoms. The van der Waals surface area contributed by atoms with Crippen molar-refractivity contribution >= 4 is 22.7 Å². The highest BCUT2D eigenvalue weighted by Crippen LogP contribution is 2.27. The van der Waals surface area contributed by atoms with E-state index in [0.717, 1.165) is 31.1 Å². The molecule has 0 bridgehead atoms. The third kappa shape index (κ3) is 3.33. The zero-order chi connectivity index (χ0) is 16.2. The zero-order valence-electron chi connectivity index (χ0n) is 13.0. The molecule has 120 valence electrons. The Hall–Kier alpha value is -2.43. The van der Waals surface area contributed by atoms with Crippen molar-refractivity contribution in [2.24, 2.45) is 11.7 Å². The number of amides is 2. The summed E-state index contributed by atoms with van der Waals surface area (Å²) in [7, 11) is 0. The van der Waals surface area contributed by atoms with Crippen LogP contribution in [0, 0.1) is 5.92 Å². The van der Waals surface area contributed by atoms with Crippen molar-refractivity contribution in [3.63, 3.8) is 0 Å². The number of primary amides is 1. The van der Waals surface area contributed by atoms with Gasteiger partial charge in [-0.15, -0.1) is 0 Å². The topological polar surface area (TPSA) is 85.1 Å². The number of hydrogen-bond donors (Lipinski definition) is 2. The summed E-state index contributed by atoms with van der Waals surface area (Å²) in [5.74, 6) is -0.616. The molecule has 1 atom stereocenters. The summed E-state index contributed by atoms with van der Waals surface area (Å²) in [5, 5.41) is 3.74. The van der Waals surface area contributed by atoms with E-state index >= 15 is 0 Å². The highest BCUT2D eigenvalue weighted by molar-refractivity contribution is 6.06. The Morgan fingerprint density at radius 2 is 1.87 bits per heavy atom. The SMILES string of the molecule is NC(=O)[C@@H](NC(=O)c1cccc2cccnc12)C1CCCCC1. The maximum absolute atomic E-state index is 12.7. The fourth-order valence-corrected chi connectivity index (χ4v) is 3.40. The normalized spacial score (nSPS) is 16.9. The molecule has 0 unspecified atom stereocenters. The lowest BCUT2D eigenvalue weighted by molar-refractivity contribution is -0.121. The summed E-state index contributed by atoms with van der Waals surface area (Å²) in [6.45, 7) is 0. The first-order chi connectivity index (χ1) is 11.2. The minimum atomic E-state index is -0.609. The predicted octanol–water partition coefficient (Wildman–Crippen LogP) is 2.40. The van der Waals surface area contributed by atoms with Crippen molar-refractivity contribution in [1.82, 2.24) is 10.3 Å². The minimum absolute atomic E-state index is 0.133. The quantitative estimate of drug-likeness (QED) is 0.909. The Kier molecular flexibility index (Phi) is 4.55. The number of hydrogen-bond acceptors (Lipinski definition) is 3. The van der Waals surface area contributed by atoms with Crippen molar-refractivity contribution in [3.8, 4) is 0 Å². The van der Waals surface area contributed by atoms with Crippen LogP contribution in [0.5, 0.6) is 0 Å². The molecule has 0 aliphatic heterocycles. The van der Waals surface area contributed by atoms with Crippen molar-refractivity contribution in [2.45, 2.75) is 38.1 Å². The molecule has 1 saturated carbocycles. The third-order valence-corrected chi connectivity index (χ3v) is 4.59. The van der Waals surface area contributed by atoms with Crippen LogP contribution in [0.15, 0.2) is 36.5 Å². The number of pyridine rings is 1. The van der Waals surface area contributed by atoms with E-state index in [1.165, 1.54) is 6.42 Å². The van der Waals surface area contributed by atoms with Gasteiger partial charge in [0.2, 0.25) is 5.91 Å². The zero-order valence-corrected chi connectivity index (χ0v) is 13.0. The van der Waals surface area contributed by atoms with E-state index in [9.17, 15) is 9.59 Å². The number of rotatable bonds is 4. The Balaban J connectivity index is 1.84. The first-order valence-electron chi connectivity index (χ1n) is 8.11. The van der Waals surface area contributed by atoms with E-state index in [1.807, 2.05) is 24.3 Å². The van der Waals surface area contributed by atoms with Gasteiger partial charge in [0.1, 0.15) is 6.04 Å². The largest absolute Gasteiger partial charge is 0.368 e. The summed E-state index contributed by atoms with van der Waals surface area (Å²) < 4.78 is 0. The van der Waals surface area contributed by atoms with E-state index in [4.69, 9.17) is 5.73 Å². The van der Waals surface area contributed by atoms with E-state index < -0.39 is 11.9 Å². The average molecular weight is 311 g/mol. The second-order valence-corrected chi connectivity index (χ2v) is 6.13. The summed E-state index contributed by atoms with van der Waals surface area (Å²) in [6.07, 6.45) is 6.87. The smallest absolute Gasteiger partial charge is 0.254 e. The molecule has 1 aliphatic rings. The van der Waals surface area contributed by atoms with Crippen LogP contribution in [0.4, 0.5) is 0 Å². The van der Waals surface area contributed by atoms with Gasteiger partial charge in [-0.2, -0.15) is 0 Å². The number of benzene rings is 1. The van der Waals surface area contributed by atoms with Crippen LogP contribution in [0.2, 0.25) is 0 Å². The van der Waals surface area contributed by atoms with Gasteiger partial charge in [0.25, 0.3) is 5.91 Å². The average Bonchev–Trinajstić information content (AvgIpc) is 2.59. The molecule has 3 rings (SSSR count). The molecular weight excluding hydrogens is 290 g/mol. The molecule has 5 nitrogen and oxygen atoms in total. The summed E-state index contributed by atoms with van der Waals surface area (Å²) in [6, 6.07) is 8.58. The van der Waals surface area contributed by atoms with Gasteiger partial charge in [-0.25, -0.2) is 0 Å². The van der Waals surface area contributed by atoms with Crippen LogP contribution in [0.3, 0.4) is 0 Å². The molecule has 2 amide bonds. The molecule has 1 aromatic carbocycles. The van der Waals surface area contributed by atoms with Gasteiger partial charge in [-0.1, -0.05) is 37.5 Å². The Bertz CT molecular complexity index is 718. The van der Waals surface area contributed by atoms with Crippen LogP contribution in [-0.2, 0) is 4.79 Å². The molecule has 1 aromatic heterocycles. The fraction of sp³-hybridized carbons (Fsp3) is 0.389. The second kappa shape index (κ2) is 6.77. The lowest BCUT2D eigenvalue weighted by Gasteiger charge is -2.28. The van der Waals surface area contributed by atoms with Gasteiger partial charge in [-0.3, -0.25) is 14.6 Å². The first-order valence-corrected chi connectivity index (χ1v) is 8.11. The van der Waals surface area contributed by atoms with Gasteiger partial charge in [0.15, 0.2) is 0 Å². The second-order valence-electron chi connectivity index (χ2n) is 6.13. The van der Waals surface area contributed by atoms with E-state index in [1.54, 1.807) is 12.3 Å². The Morgan fingerprint density at radius 3 is 2.61 bits per heavy atom. The monoisotopic (exact) mass is 311 g/mol. The number of nitrogens with zero attached hydrogens (tertiary/aromatic N) is 1. The molecule has 1 aliphatic carbocycles. The lowest BCUT2D eigenvalue weighted by Crippen LogP contribution is -2.49. The van der Waals surface area contributed by atoms with Crippen molar-refractivity contribution < 1.29 is 9.59 Å². The molecule has 1 fully saturated rings. The summed E-state index contributed by atoms with van der Waals surface area (Å²) in [4.78, 5) is 28.8. The highest BCUT2D eigenvalue weighted by atomic mass is 16.2. The summed E-state index contributed by atoms with van der Waals surface area (Å²) >= 11 is 0. The lowest BCUT2D eigenvalue weighted by atomic mass is 9.83. The van der Waals surface area contributed by atoms with Crippen LogP contribution >= 0.6 is 0 Å². The van der Waals surface area contributed by atoms with E-state index in [-0.39, 0.29) is 11.8 Å². The van der Waals surface area contributed by atoms with Gasteiger partial charge in [0.05, 0.1) is 11.1 Å². The minimum Gasteiger partial charge on any atom is -0.368 e. The van der Waals surface area contributed by atoms with E-state index in [0.29, 0.717) is 11.1 Å². The summed E-state index contributed by atoms with van der Waals surface area (Å²) in [5.41, 5.74) is 6.65. The molecule has 5 heteroatoms. The van der Waals surface area contributed by atoms with Gasteiger partial charge < -0.3 is 11.1 Å². The number of carbonyl (C=O) groups excluding carboxylic acids is 2. The molecule has 3 N–H and O–H groups in total. The van der Waals surface area contributed by atoms with Gasteiger partial charge in [0, 0.05) is 11.6 Å². The van der Waals surface area contributed by atoms with Crippen LogP contribution in [0.25, 0.3) is 10.9 Å². The number of nitrogens with one attached hydrogen (secondary N) is 1. The van der Waals surface area contributed by atoms with Crippen LogP contribution in [0.1, 0.15) is 42.5 Å². The number of para-hydroxylation sites is 1. The standard InChI is InChI=1S/C18H21N3O2/c19-17(22)16(13-6-2-1-3-7-13)21-18(23)14-10-4-8-12-9-5-11-20-15(12)14/h4-5,8-11,13,16H,1-3,6-7H2,(H2,19,22)(H,21,23)/t16-/m0/s1. The fourth-order valence-electron chi connectivity index (χ4n) is 3.40. The highest BCUT2D eigenvalue weighted by Gasteiger charge is 2.30.